The molecule has 3 aromatic heterocycles. The molecule has 1 fully saturated rings. The van der Waals surface area contributed by atoms with Crippen LogP contribution >= 0.6 is 0 Å². The number of ether oxygens (including phenoxy) is 1. The number of H-pyrrole nitrogens is 1. The predicted octanol–water partition coefficient (Wildman–Crippen LogP) is 2.27. The van der Waals surface area contributed by atoms with Crippen LogP contribution in [0.1, 0.15) is 25.0 Å². The minimum atomic E-state index is -0.412. The lowest BCUT2D eigenvalue weighted by molar-refractivity contribution is 0.0390. The second-order valence-corrected chi connectivity index (χ2v) is 7.78. The van der Waals surface area contributed by atoms with Gasteiger partial charge in [-0.2, -0.15) is 15.4 Å². The molecule has 1 atom stereocenters. The summed E-state index contributed by atoms with van der Waals surface area (Å²) in [4.78, 5) is 12.0. The molecule has 1 N–H and O–H groups in total. The van der Waals surface area contributed by atoms with E-state index in [2.05, 4.69) is 47.0 Å². The van der Waals surface area contributed by atoms with Crippen LogP contribution < -0.4 is 4.90 Å². The lowest BCUT2D eigenvalue weighted by Gasteiger charge is -2.49. The number of fused-ring (bicyclic) bond motifs is 6. The van der Waals surface area contributed by atoms with Crippen molar-refractivity contribution in [3.8, 4) is 28.5 Å². The summed E-state index contributed by atoms with van der Waals surface area (Å²) in [7, 11) is 0. The molecule has 156 valence electrons. The molecule has 1 aromatic carbocycles. The fraction of sp³-hybridized carbons (Fsp3) is 0.333. The molecule has 0 amide bonds. The first kappa shape index (κ1) is 18.1. The highest BCUT2D eigenvalue weighted by Crippen LogP contribution is 2.45. The summed E-state index contributed by atoms with van der Waals surface area (Å²) in [6.07, 6.45) is 2.65. The largest absolute Gasteiger partial charge is 0.377 e. The molecule has 1 saturated heterocycles. The standard InChI is InChI=1S/C21H21N9O/c1-3-21-12-31-10-9-29(21)19-15(30-13(2)24-27-20(21)30)11-22-18(23-19)17-16(25-28-26-17)14-7-5-4-6-8-14/h4-8,11H,3,9-10,12H2,1-2H3,(H,25,26,28). The molecule has 10 heteroatoms. The van der Waals surface area contributed by atoms with Gasteiger partial charge >= 0.3 is 0 Å². The molecule has 0 spiro atoms. The molecule has 2 aliphatic heterocycles. The number of hydrogen-bond donors (Lipinski definition) is 1. The summed E-state index contributed by atoms with van der Waals surface area (Å²) in [6, 6.07) is 9.91. The van der Waals surface area contributed by atoms with Gasteiger partial charge in [0.1, 0.15) is 22.7 Å². The number of aryl methyl sites for hydroxylation is 1. The van der Waals surface area contributed by atoms with Crippen LogP contribution in [0, 0.1) is 6.92 Å². The van der Waals surface area contributed by atoms with Crippen LogP contribution in [-0.2, 0) is 10.3 Å². The zero-order valence-electron chi connectivity index (χ0n) is 17.3. The Morgan fingerprint density at radius 1 is 1.13 bits per heavy atom. The van der Waals surface area contributed by atoms with Gasteiger partial charge in [0.05, 0.1) is 19.4 Å². The Kier molecular flexibility index (Phi) is 3.90. The maximum atomic E-state index is 5.90. The second kappa shape index (κ2) is 6.67. The van der Waals surface area contributed by atoms with Gasteiger partial charge < -0.3 is 9.64 Å². The highest BCUT2D eigenvalue weighted by Gasteiger charge is 2.49. The number of hydrogen-bond acceptors (Lipinski definition) is 8. The Labute approximate surface area is 178 Å². The summed E-state index contributed by atoms with van der Waals surface area (Å²) in [5.41, 5.74) is 2.76. The zero-order valence-corrected chi connectivity index (χ0v) is 17.3. The average molecular weight is 415 g/mol. The lowest BCUT2D eigenvalue weighted by Crippen LogP contribution is -2.58. The molecule has 1 unspecified atom stereocenters. The van der Waals surface area contributed by atoms with Crippen molar-refractivity contribution < 1.29 is 4.74 Å². The van der Waals surface area contributed by atoms with Crippen molar-refractivity contribution in [1.82, 2.24) is 40.1 Å². The first-order valence-corrected chi connectivity index (χ1v) is 10.3. The van der Waals surface area contributed by atoms with Crippen LogP contribution in [0.15, 0.2) is 36.5 Å². The third-order valence-electron chi connectivity index (χ3n) is 6.20. The summed E-state index contributed by atoms with van der Waals surface area (Å²) in [6.45, 7) is 5.98. The predicted molar refractivity (Wildman–Crippen MR) is 113 cm³/mol. The summed E-state index contributed by atoms with van der Waals surface area (Å²) in [5.74, 6) is 3.05. The van der Waals surface area contributed by atoms with E-state index in [1.165, 1.54) is 0 Å². The Balaban J connectivity index is 1.55. The minimum absolute atomic E-state index is 0.412. The first-order chi connectivity index (χ1) is 15.2. The van der Waals surface area contributed by atoms with Crippen LogP contribution in [-0.4, -0.2) is 59.9 Å². The molecule has 2 aliphatic rings. The van der Waals surface area contributed by atoms with E-state index in [9.17, 15) is 0 Å². The molecule has 0 bridgehead atoms. The van der Waals surface area contributed by atoms with Gasteiger partial charge in [-0.05, 0) is 13.3 Å². The van der Waals surface area contributed by atoms with Crippen LogP contribution in [0.4, 0.5) is 5.82 Å². The Morgan fingerprint density at radius 2 is 1.97 bits per heavy atom. The van der Waals surface area contributed by atoms with Crippen molar-refractivity contribution in [3.05, 3.63) is 48.2 Å². The molecular formula is C21H21N9O. The Bertz CT molecular complexity index is 1270. The molecule has 0 radical (unpaired) electrons. The minimum Gasteiger partial charge on any atom is -0.377 e. The number of nitrogens with zero attached hydrogens (tertiary/aromatic N) is 8. The first-order valence-electron chi connectivity index (χ1n) is 10.3. The van der Waals surface area contributed by atoms with Crippen LogP contribution in [0.2, 0.25) is 0 Å². The van der Waals surface area contributed by atoms with E-state index in [0.29, 0.717) is 31.3 Å². The molecule has 31 heavy (non-hydrogen) atoms. The molecule has 0 saturated carbocycles. The van der Waals surface area contributed by atoms with Crippen molar-refractivity contribution in [3.63, 3.8) is 0 Å². The number of rotatable bonds is 3. The van der Waals surface area contributed by atoms with Gasteiger partial charge in [0.15, 0.2) is 23.2 Å². The van der Waals surface area contributed by atoms with E-state index in [0.717, 1.165) is 40.8 Å². The molecular weight excluding hydrogens is 394 g/mol. The van der Waals surface area contributed by atoms with Crippen LogP contribution in [0.5, 0.6) is 0 Å². The average Bonchev–Trinajstić information content (AvgIpc) is 3.47. The topological polar surface area (TPSA) is 111 Å². The van der Waals surface area contributed by atoms with Gasteiger partial charge in [-0.3, -0.25) is 4.57 Å². The van der Waals surface area contributed by atoms with Gasteiger partial charge in [0.2, 0.25) is 0 Å². The number of aromatic nitrogens is 8. The van der Waals surface area contributed by atoms with Crippen molar-refractivity contribution in [2.75, 3.05) is 24.7 Å². The van der Waals surface area contributed by atoms with Gasteiger partial charge in [0.25, 0.3) is 0 Å². The Morgan fingerprint density at radius 3 is 2.81 bits per heavy atom. The summed E-state index contributed by atoms with van der Waals surface area (Å²) in [5, 5.41) is 20.3. The second-order valence-electron chi connectivity index (χ2n) is 7.78. The third kappa shape index (κ3) is 2.48. The maximum absolute atomic E-state index is 5.90. The van der Waals surface area contributed by atoms with Gasteiger partial charge in [-0.25, -0.2) is 9.97 Å². The third-order valence-corrected chi connectivity index (χ3v) is 6.20. The molecule has 5 heterocycles. The van der Waals surface area contributed by atoms with E-state index >= 15 is 0 Å². The molecule has 6 rings (SSSR count). The van der Waals surface area contributed by atoms with E-state index < -0.39 is 5.54 Å². The van der Waals surface area contributed by atoms with E-state index in [-0.39, 0.29) is 0 Å². The van der Waals surface area contributed by atoms with Gasteiger partial charge in [-0.1, -0.05) is 37.3 Å². The highest BCUT2D eigenvalue weighted by atomic mass is 16.5. The van der Waals surface area contributed by atoms with Crippen molar-refractivity contribution >= 4 is 5.82 Å². The summed E-state index contributed by atoms with van der Waals surface area (Å²) < 4.78 is 7.95. The smallest absolute Gasteiger partial charge is 0.184 e. The number of benzene rings is 1. The van der Waals surface area contributed by atoms with Gasteiger partial charge in [0, 0.05) is 12.1 Å². The number of morpholine rings is 1. The maximum Gasteiger partial charge on any atom is 0.184 e. The number of aromatic amines is 1. The summed E-state index contributed by atoms with van der Waals surface area (Å²) >= 11 is 0. The fourth-order valence-corrected chi connectivity index (χ4v) is 4.61. The Hall–Kier alpha value is -3.66. The SMILES string of the molecule is CCC12COCCN1c1nc(-c3n[nH]nc3-c3ccccc3)ncc1-n1c(C)nnc12. The van der Waals surface area contributed by atoms with Crippen LogP contribution in [0.3, 0.4) is 0 Å². The van der Waals surface area contributed by atoms with E-state index in [1.807, 2.05) is 43.5 Å². The highest BCUT2D eigenvalue weighted by molar-refractivity contribution is 5.76. The fourth-order valence-electron chi connectivity index (χ4n) is 4.61. The number of nitrogens with one attached hydrogen (secondary N) is 1. The van der Waals surface area contributed by atoms with Gasteiger partial charge in [-0.15, -0.1) is 10.2 Å². The molecule has 0 aliphatic carbocycles. The molecule has 4 aromatic rings. The van der Waals surface area contributed by atoms with Crippen molar-refractivity contribution in [2.45, 2.75) is 25.8 Å². The van der Waals surface area contributed by atoms with E-state index in [4.69, 9.17) is 9.72 Å². The van der Waals surface area contributed by atoms with E-state index in [1.54, 1.807) is 0 Å². The van der Waals surface area contributed by atoms with Crippen LogP contribution in [0.25, 0.3) is 28.5 Å². The molecule has 10 nitrogen and oxygen atoms in total. The number of anilines is 1. The zero-order chi connectivity index (χ0) is 21.0. The quantitative estimate of drug-likeness (QED) is 0.543. The monoisotopic (exact) mass is 415 g/mol. The van der Waals surface area contributed by atoms with Crippen molar-refractivity contribution in [1.29, 1.82) is 0 Å². The normalized spacial score (nSPS) is 19.6. The van der Waals surface area contributed by atoms with Crippen molar-refractivity contribution in [2.24, 2.45) is 0 Å². The lowest BCUT2D eigenvalue weighted by atomic mass is 9.90.